The van der Waals surface area contributed by atoms with E-state index in [-0.39, 0.29) is 97.1 Å². The molecule has 10 heterocycles. The first kappa shape index (κ1) is 72.2. The van der Waals surface area contributed by atoms with Gasteiger partial charge >= 0.3 is 0 Å². The van der Waals surface area contributed by atoms with E-state index in [1.54, 1.807) is 41.3 Å². The summed E-state index contributed by atoms with van der Waals surface area (Å²) in [5, 5.41) is 9.14. The number of carbonyl (C=O) groups excluding carboxylic acids is 4. The first-order valence-corrected chi connectivity index (χ1v) is 34.1. The van der Waals surface area contributed by atoms with Gasteiger partial charge < -0.3 is 25.8 Å². The average Bonchev–Trinajstić information content (AvgIpc) is 1.84. The molecule has 0 radical (unpaired) electrons. The third-order valence-electron chi connectivity index (χ3n) is 18.0. The van der Waals surface area contributed by atoms with E-state index >= 15 is 0 Å². The van der Waals surface area contributed by atoms with Crippen LogP contribution in [0.3, 0.4) is 0 Å². The van der Waals surface area contributed by atoms with Crippen molar-refractivity contribution in [1.82, 2.24) is 34.7 Å². The number of pyridine rings is 4. The van der Waals surface area contributed by atoms with Crippen molar-refractivity contribution >= 4 is 96.8 Å². The van der Waals surface area contributed by atoms with Crippen LogP contribution in [0.1, 0.15) is 189 Å². The number of sulfonamides is 2. The molecular weight excluding hydrogens is 1210 g/mol. The summed E-state index contributed by atoms with van der Waals surface area (Å²) in [6.07, 6.45) is 9.46. The molecule has 0 spiro atoms. The van der Waals surface area contributed by atoms with Crippen LogP contribution in [0.15, 0.2) is 70.7 Å². The Morgan fingerprint density at radius 1 is 0.584 bits per heavy atom. The van der Waals surface area contributed by atoms with Crippen LogP contribution < -0.4 is 40.1 Å². The van der Waals surface area contributed by atoms with Gasteiger partial charge in [0.1, 0.15) is 34.2 Å². The minimum absolute atomic E-state index is 0. The number of anilines is 5. The van der Waals surface area contributed by atoms with Crippen molar-refractivity contribution in [2.45, 2.75) is 190 Å². The van der Waals surface area contributed by atoms with E-state index in [4.69, 9.17) is 16.6 Å². The lowest BCUT2D eigenvalue weighted by Crippen LogP contribution is -2.41. The second kappa shape index (κ2) is 27.5. The van der Waals surface area contributed by atoms with Crippen LogP contribution in [0, 0.1) is 45.3 Å². The minimum atomic E-state index is -4.25. The zero-order valence-corrected chi connectivity index (χ0v) is 57.1. The molecule has 0 aromatic carbocycles. The maximum absolute atomic E-state index is 13.8. The smallest absolute Gasteiger partial charge is 0.281 e. The van der Waals surface area contributed by atoms with Crippen LogP contribution >= 0.6 is 24.0 Å². The van der Waals surface area contributed by atoms with Gasteiger partial charge in [-0.25, -0.2) is 29.4 Å². The molecule has 5 N–H and O–H groups in total. The van der Waals surface area contributed by atoms with E-state index in [2.05, 4.69) is 147 Å². The van der Waals surface area contributed by atoms with Crippen molar-refractivity contribution in [3.05, 3.63) is 76.9 Å². The molecule has 89 heavy (non-hydrogen) atoms. The molecule has 4 saturated heterocycles. The quantitative estimate of drug-likeness (QED) is 0.116. The fraction of sp³-hybridized carbons (Fsp3) is 0.631. The summed E-state index contributed by atoms with van der Waals surface area (Å²) in [5.41, 5.74) is 0.0993. The van der Waals surface area contributed by atoms with Crippen molar-refractivity contribution < 1.29 is 36.0 Å². The van der Waals surface area contributed by atoms with E-state index in [0.29, 0.717) is 72.5 Å². The van der Waals surface area contributed by atoms with Gasteiger partial charge in [0.2, 0.25) is 11.8 Å². The summed E-state index contributed by atoms with van der Waals surface area (Å²) >= 11 is 6.14. The Hall–Kier alpha value is -5.84. The molecule has 8 bridgehead atoms. The number of hydrogen-bond donors (Lipinski definition) is 5. The Morgan fingerprint density at radius 2 is 1.03 bits per heavy atom. The molecule has 4 aromatic heterocycles. The molecular formula is C65H98Cl2N12O8S2. The van der Waals surface area contributed by atoms with E-state index in [1.165, 1.54) is 24.3 Å². The summed E-state index contributed by atoms with van der Waals surface area (Å²) in [6.45, 7) is 34.4. The van der Waals surface area contributed by atoms with Crippen molar-refractivity contribution in [2.75, 3.05) is 64.6 Å². The molecule has 10 rings (SSSR count). The molecule has 492 valence electrons. The molecule has 24 heteroatoms. The second-order valence-corrected chi connectivity index (χ2v) is 33.3. The zero-order chi connectivity index (χ0) is 63.9. The standard InChI is InChI=1S/C32H46N6O4S.C20H24ClN5O3S.C12H23NO.CH4.ClH/c1-30(2,3)16-15-23-29(40)37(20-31(23,4)5)25-14-13-22-27(35-25)38-19-21(18-32(38,6)7)10-9-17-33-24-11-8-12-26(34-24)43(41,42)36-28(22)39;1-20(2)11-13-5-4-10-22-16-6-3-7-17(24-16)30(28,29)25-19(27)14-8-9-15(21)23-18(14)26(20)12-13;1-11(2,3)7-6-9-10(14)13-8-12(9,4)5;;/h8,11-14,21,23H,9-10,15-20H2,1-7H3,(H,33,34)(H,36,39);3,6-9,13H,4-5,10-12H2,1-2H3,(H,22,24)(H,25,27);9H,6-8H2,1-5H3,(H,13,14);1H4;1H/t21-,23?;13-;;;/m00.../s1. The normalized spacial score (nSPS) is 23.9. The van der Waals surface area contributed by atoms with Crippen molar-refractivity contribution in [1.29, 1.82) is 0 Å². The first-order chi connectivity index (χ1) is 40.3. The molecule has 0 saturated carbocycles. The molecule has 0 aliphatic carbocycles. The molecule has 4 atom stereocenters. The third-order valence-corrected chi connectivity index (χ3v) is 20.6. The van der Waals surface area contributed by atoms with Crippen LogP contribution in [-0.4, -0.2) is 111 Å². The van der Waals surface area contributed by atoms with Gasteiger partial charge in [-0.1, -0.05) is 100 Å². The SMILES string of the molecule is C.CC(C)(C)CCC1C(=O)N(c2ccc3c(n2)N2C[C@@H](CCCNc4cccc(n4)S(=O)(=O)NC3=O)CC2(C)C)CC1(C)C.CC(C)(C)CCC1C(=O)NCC1(C)C.CC1(C)C[C@@H]2CCCNc3cccc(n3)S(=O)(=O)NC(=O)c3ccc(Cl)nc3N1C2.Cl. The van der Waals surface area contributed by atoms with Gasteiger partial charge in [-0.05, 0) is 174 Å². The monoisotopic (exact) mass is 1310 g/mol. The van der Waals surface area contributed by atoms with Crippen molar-refractivity contribution in [3.63, 3.8) is 0 Å². The Balaban J connectivity index is 0.000000237. The van der Waals surface area contributed by atoms with E-state index in [9.17, 15) is 36.0 Å². The number of carbonyl (C=O) groups is 4. The maximum Gasteiger partial charge on any atom is 0.281 e. The lowest BCUT2D eigenvalue weighted by molar-refractivity contribution is -0.124. The summed E-state index contributed by atoms with van der Waals surface area (Å²) in [7, 11) is -8.40. The largest absolute Gasteiger partial charge is 0.370 e. The second-order valence-electron chi connectivity index (χ2n) is 29.7. The number of nitrogens with zero attached hydrogens (tertiary/aromatic N) is 7. The third kappa shape index (κ3) is 17.6. The van der Waals surface area contributed by atoms with E-state index < -0.39 is 31.9 Å². The van der Waals surface area contributed by atoms with Crippen LogP contribution in [0.5, 0.6) is 0 Å². The highest BCUT2D eigenvalue weighted by atomic mass is 35.5. The van der Waals surface area contributed by atoms with Crippen LogP contribution in [0.4, 0.5) is 29.1 Å². The van der Waals surface area contributed by atoms with E-state index in [1.807, 2.05) is 0 Å². The molecule has 6 aliphatic heterocycles. The van der Waals surface area contributed by atoms with Gasteiger partial charge in [0, 0.05) is 62.2 Å². The zero-order valence-electron chi connectivity index (χ0n) is 53.9. The first-order valence-electron chi connectivity index (χ1n) is 30.7. The summed E-state index contributed by atoms with van der Waals surface area (Å²) in [6, 6.07) is 15.6. The van der Waals surface area contributed by atoms with Gasteiger partial charge in [-0.15, -0.1) is 12.4 Å². The van der Waals surface area contributed by atoms with Gasteiger partial charge in [0.15, 0.2) is 10.1 Å². The molecule has 2 unspecified atom stereocenters. The Labute approximate surface area is 541 Å². The molecule has 20 nitrogen and oxygen atoms in total. The fourth-order valence-electron chi connectivity index (χ4n) is 13.1. The number of halogens is 2. The van der Waals surface area contributed by atoms with Gasteiger partial charge in [-0.2, -0.15) is 16.8 Å². The Kier molecular flexibility index (Phi) is 22.4. The summed E-state index contributed by atoms with van der Waals surface area (Å²) < 4.78 is 56.5. The number of amides is 4. The molecule has 4 amide bonds. The average molecular weight is 1310 g/mol. The fourth-order valence-corrected chi connectivity index (χ4v) is 15.1. The molecule has 6 aliphatic rings. The Morgan fingerprint density at radius 3 is 1.48 bits per heavy atom. The van der Waals surface area contributed by atoms with Gasteiger partial charge in [0.25, 0.3) is 31.9 Å². The number of rotatable bonds is 5. The van der Waals surface area contributed by atoms with E-state index in [0.717, 1.165) is 77.3 Å². The predicted molar refractivity (Wildman–Crippen MR) is 357 cm³/mol. The molecule has 4 aromatic rings. The number of nitrogens with one attached hydrogen (secondary N) is 5. The van der Waals surface area contributed by atoms with Crippen LogP contribution in [-0.2, 0) is 29.6 Å². The highest BCUT2D eigenvalue weighted by Crippen LogP contribution is 2.46. The number of aromatic nitrogens is 4. The van der Waals surface area contributed by atoms with Crippen LogP contribution in [0.25, 0.3) is 0 Å². The topological polar surface area (TPSA) is 258 Å². The summed E-state index contributed by atoms with van der Waals surface area (Å²) in [4.78, 5) is 75.9. The van der Waals surface area contributed by atoms with Crippen molar-refractivity contribution in [2.24, 2.45) is 45.3 Å². The Bertz CT molecular complexity index is 3460. The predicted octanol–water partition coefficient (Wildman–Crippen LogP) is 11.9. The lowest BCUT2D eigenvalue weighted by Gasteiger charge is -2.34. The van der Waals surface area contributed by atoms with Crippen molar-refractivity contribution in [3.8, 4) is 0 Å². The minimum Gasteiger partial charge on any atom is -0.370 e. The number of hydrogen-bond acceptors (Lipinski definition) is 16. The van der Waals surface area contributed by atoms with Gasteiger partial charge in [-0.3, -0.25) is 24.1 Å². The van der Waals surface area contributed by atoms with Gasteiger partial charge in [0.05, 0.1) is 11.1 Å². The summed E-state index contributed by atoms with van der Waals surface area (Å²) in [5.74, 6) is 1.81. The molecule has 4 fully saturated rings. The lowest BCUT2D eigenvalue weighted by atomic mass is 9.76. The maximum atomic E-state index is 13.8. The highest BCUT2D eigenvalue weighted by Gasteiger charge is 2.49. The highest BCUT2D eigenvalue weighted by molar-refractivity contribution is 7.90. The number of fused-ring (bicyclic) bond motifs is 12. The van der Waals surface area contributed by atoms with Crippen LogP contribution in [0.2, 0.25) is 5.15 Å².